The number of rotatable bonds is 4. The van der Waals surface area contributed by atoms with Crippen LogP contribution in [-0.4, -0.2) is 65.9 Å². The summed E-state index contributed by atoms with van der Waals surface area (Å²) < 4.78 is 22.8. The average molecular weight is 471 g/mol. The number of nitrogens with zero attached hydrogens (tertiary/aromatic N) is 3. The van der Waals surface area contributed by atoms with Crippen molar-refractivity contribution in [3.05, 3.63) is 58.3 Å². The van der Waals surface area contributed by atoms with Crippen LogP contribution in [0.1, 0.15) is 16.8 Å². The molecule has 1 aromatic heterocycles. The van der Waals surface area contributed by atoms with E-state index >= 15 is 4.39 Å². The highest BCUT2D eigenvalue weighted by atomic mass is 19.1. The summed E-state index contributed by atoms with van der Waals surface area (Å²) in [6, 6.07) is 1.31. The third-order valence-electron chi connectivity index (χ3n) is 6.13. The minimum Gasteiger partial charge on any atom is -0.487 e. The lowest BCUT2D eigenvalue weighted by Gasteiger charge is -2.31. The molecule has 180 valence electrons. The van der Waals surface area contributed by atoms with Gasteiger partial charge in [0, 0.05) is 38.6 Å². The Bertz CT molecular complexity index is 1240. The first-order valence-corrected chi connectivity index (χ1v) is 10.8. The first-order chi connectivity index (χ1) is 16.3. The molecule has 2 unspecified atom stereocenters. The van der Waals surface area contributed by atoms with Crippen LogP contribution in [0.15, 0.2) is 41.5 Å². The lowest BCUT2D eigenvalue weighted by Crippen LogP contribution is -2.46. The van der Waals surface area contributed by atoms with Crippen molar-refractivity contribution in [2.45, 2.75) is 25.2 Å². The Kier molecular flexibility index (Phi) is 6.55. The summed E-state index contributed by atoms with van der Waals surface area (Å²) in [4.78, 5) is 36.7. The van der Waals surface area contributed by atoms with Gasteiger partial charge in [-0.15, -0.1) is 0 Å². The van der Waals surface area contributed by atoms with E-state index in [2.05, 4.69) is 22.0 Å². The van der Waals surface area contributed by atoms with Gasteiger partial charge >= 0.3 is 5.97 Å². The molecule has 0 bridgehead atoms. The molecule has 2 atom stereocenters. The van der Waals surface area contributed by atoms with Crippen molar-refractivity contribution < 1.29 is 23.8 Å². The van der Waals surface area contributed by atoms with Gasteiger partial charge < -0.3 is 29.9 Å². The summed E-state index contributed by atoms with van der Waals surface area (Å²) in [5.41, 5.74) is 3.89. The lowest BCUT2D eigenvalue weighted by molar-refractivity contribution is -0.106. The lowest BCUT2D eigenvalue weighted by atomic mass is 10.1. The number of pyridine rings is 1. The number of aromatic carboxylic acids is 1. The number of amides is 1. The van der Waals surface area contributed by atoms with Crippen LogP contribution in [0, 0.1) is 5.82 Å². The van der Waals surface area contributed by atoms with Gasteiger partial charge in [0.15, 0.2) is 11.6 Å². The minimum absolute atomic E-state index is 0.0328. The number of likely N-dealkylation sites (N-methyl/N-ethyl adjacent to an activating group) is 1. The van der Waals surface area contributed by atoms with Crippen LogP contribution in [-0.2, 0) is 11.3 Å². The molecule has 1 saturated heterocycles. The third kappa shape index (κ3) is 4.21. The molecule has 34 heavy (non-hydrogen) atoms. The van der Waals surface area contributed by atoms with Gasteiger partial charge in [0.1, 0.15) is 17.9 Å². The molecule has 0 aliphatic carbocycles. The van der Waals surface area contributed by atoms with Crippen LogP contribution in [0.4, 0.5) is 10.1 Å². The maximum atomic E-state index is 15.3. The molecule has 0 spiro atoms. The van der Waals surface area contributed by atoms with Crippen molar-refractivity contribution in [2.24, 2.45) is 5.73 Å². The van der Waals surface area contributed by atoms with E-state index in [-0.39, 0.29) is 36.2 Å². The normalized spacial score (nSPS) is 20.6. The molecular weight excluding hydrogens is 445 g/mol. The van der Waals surface area contributed by atoms with Crippen molar-refractivity contribution in [3.8, 4) is 5.75 Å². The molecule has 0 radical (unpaired) electrons. The Labute approximate surface area is 194 Å². The van der Waals surface area contributed by atoms with E-state index in [0.717, 1.165) is 12.5 Å². The highest BCUT2D eigenvalue weighted by molar-refractivity contribution is 5.97. The van der Waals surface area contributed by atoms with Crippen LogP contribution < -0.4 is 26.1 Å². The Morgan fingerprint density at radius 1 is 1.35 bits per heavy atom. The van der Waals surface area contributed by atoms with Crippen molar-refractivity contribution >= 4 is 29.0 Å². The number of carbonyl (C=O) groups is 2. The maximum Gasteiger partial charge on any atom is 0.341 e. The summed E-state index contributed by atoms with van der Waals surface area (Å²) in [7, 11) is 2.00. The van der Waals surface area contributed by atoms with Crippen molar-refractivity contribution in [1.82, 2.24) is 14.8 Å². The smallest absolute Gasteiger partial charge is 0.341 e. The number of nitrogens with two attached hydrogens (primary N) is 1. The number of allylic oxidation sites excluding steroid dienone is 2. The third-order valence-corrected chi connectivity index (χ3v) is 6.13. The number of benzene rings is 1. The molecule has 1 aromatic carbocycles. The summed E-state index contributed by atoms with van der Waals surface area (Å²) in [6.07, 6.45) is 10.5. The molecule has 4 heterocycles. The molecule has 1 fully saturated rings. The van der Waals surface area contributed by atoms with E-state index in [4.69, 9.17) is 9.53 Å². The van der Waals surface area contributed by atoms with Crippen molar-refractivity contribution in [1.29, 1.82) is 0 Å². The number of carboxylic acid groups (broad SMARTS) is 1. The van der Waals surface area contributed by atoms with Gasteiger partial charge in [-0.25, -0.2) is 9.18 Å². The number of hydrogen-bond donors (Lipinski definition) is 3. The highest BCUT2D eigenvalue weighted by Crippen LogP contribution is 2.41. The van der Waals surface area contributed by atoms with E-state index < -0.39 is 17.2 Å². The van der Waals surface area contributed by atoms with E-state index in [9.17, 15) is 14.7 Å². The number of ether oxygens (including phenoxy) is 1. The number of aromatic nitrogens is 1. The number of anilines is 1. The van der Waals surface area contributed by atoms with Crippen LogP contribution in [0.25, 0.3) is 10.9 Å². The number of halogens is 1. The molecular formula is C23H26FN5O5. The summed E-state index contributed by atoms with van der Waals surface area (Å²) in [5.74, 6) is -1.58. The van der Waals surface area contributed by atoms with Gasteiger partial charge in [0.05, 0.1) is 23.6 Å². The first-order valence-electron chi connectivity index (χ1n) is 10.8. The fraction of sp³-hybridized carbons (Fsp3) is 0.348. The van der Waals surface area contributed by atoms with Crippen molar-refractivity contribution in [3.63, 3.8) is 0 Å². The van der Waals surface area contributed by atoms with Gasteiger partial charge in [-0.1, -0.05) is 6.08 Å². The van der Waals surface area contributed by atoms with Gasteiger partial charge in [-0.2, -0.15) is 0 Å². The predicted octanol–water partition coefficient (Wildman–Crippen LogP) is 0.842. The van der Waals surface area contributed by atoms with Gasteiger partial charge in [0.25, 0.3) is 0 Å². The Hall–Kier alpha value is -3.86. The molecule has 10 nitrogen and oxygen atoms in total. The van der Waals surface area contributed by atoms with Crippen molar-refractivity contribution in [2.75, 3.05) is 31.6 Å². The molecule has 3 aliphatic rings. The van der Waals surface area contributed by atoms with Gasteiger partial charge in [-0.3, -0.25) is 14.9 Å². The van der Waals surface area contributed by atoms with E-state index in [1.807, 2.05) is 30.3 Å². The molecule has 0 saturated carbocycles. The second-order valence-corrected chi connectivity index (χ2v) is 8.22. The number of primary amides is 1. The Morgan fingerprint density at radius 2 is 2.12 bits per heavy atom. The highest BCUT2D eigenvalue weighted by Gasteiger charge is 2.32. The SMILES string of the molecule is CN1C=CC=CC1NC1CCN(c2c(F)cc3c(=O)c(C(=O)O)cn4c3c2OCC4)C1.NC=O. The van der Waals surface area contributed by atoms with Gasteiger partial charge in [-0.05, 0) is 24.6 Å². The first kappa shape index (κ1) is 23.3. The second-order valence-electron chi connectivity index (χ2n) is 8.22. The van der Waals surface area contributed by atoms with Crippen LogP contribution in [0.2, 0.25) is 0 Å². The Balaban J connectivity index is 0.000000868. The van der Waals surface area contributed by atoms with Crippen LogP contribution in [0.3, 0.4) is 0 Å². The standard InChI is InChI=1S/C22H23FN4O4.CH3NO/c1-25-6-3-2-4-17(25)24-13-5-7-26(11-13)19-16(23)10-14-18-21(19)31-9-8-27(18)12-15(20(14)28)22(29)30;2-1-3/h2-4,6,10,12-13,17,24H,5,7-9,11H2,1H3,(H,29,30);1H,(H2,2,3). The van der Waals surface area contributed by atoms with E-state index in [0.29, 0.717) is 36.6 Å². The summed E-state index contributed by atoms with van der Waals surface area (Å²) in [6.45, 7) is 1.91. The molecule has 11 heteroatoms. The van der Waals surface area contributed by atoms with Gasteiger partial charge in [0.2, 0.25) is 11.8 Å². The monoisotopic (exact) mass is 471 g/mol. The van der Waals surface area contributed by atoms with Crippen LogP contribution >= 0.6 is 0 Å². The van der Waals surface area contributed by atoms with E-state index in [1.54, 1.807) is 4.57 Å². The maximum absolute atomic E-state index is 15.3. The fourth-order valence-corrected chi connectivity index (χ4v) is 4.59. The largest absolute Gasteiger partial charge is 0.487 e. The summed E-state index contributed by atoms with van der Waals surface area (Å²) >= 11 is 0. The minimum atomic E-state index is -1.32. The zero-order valence-electron chi connectivity index (χ0n) is 18.6. The zero-order valence-corrected chi connectivity index (χ0v) is 18.6. The Morgan fingerprint density at radius 3 is 2.82 bits per heavy atom. The average Bonchev–Trinajstić information content (AvgIpc) is 3.25. The quantitative estimate of drug-likeness (QED) is 0.560. The van der Waals surface area contributed by atoms with E-state index in [1.165, 1.54) is 6.20 Å². The topological polar surface area (TPSA) is 130 Å². The summed E-state index contributed by atoms with van der Waals surface area (Å²) in [5, 5.41) is 13.0. The molecule has 4 N–H and O–H groups in total. The van der Waals surface area contributed by atoms with Crippen LogP contribution in [0.5, 0.6) is 5.75 Å². The number of nitrogens with one attached hydrogen (secondary N) is 1. The number of carboxylic acids is 1. The fourth-order valence-electron chi connectivity index (χ4n) is 4.59. The molecule has 3 aliphatic heterocycles. The molecule has 5 rings (SSSR count). The zero-order chi connectivity index (χ0) is 24.4. The number of carbonyl (C=O) groups excluding carboxylic acids is 1. The number of hydrogen-bond acceptors (Lipinski definition) is 7. The molecule has 2 aromatic rings. The molecule has 1 amide bonds. The second kappa shape index (κ2) is 9.56. The predicted molar refractivity (Wildman–Crippen MR) is 124 cm³/mol.